The number of hydrogen-bond donors (Lipinski definition) is 0. The molecule has 2 aromatic heterocycles. The van der Waals surface area contributed by atoms with Gasteiger partial charge in [-0.25, -0.2) is 13.4 Å². The van der Waals surface area contributed by atoms with Gasteiger partial charge >= 0.3 is 0 Å². The van der Waals surface area contributed by atoms with Crippen molar-refractivity contribution >= 4 is 54.2 Å². The number of aromatic nitrogens is 1. The lowest BCUT2D eigenvalue weighted by Gasteiger charge is -2.20. The van der Waals surface area contributed by atoms with Crippen molar-refractivity contribution in [1.29, 1.82) is 0 Å². The summed E-state index contributed by atoms with van der Waals surface area (Å²) in [5, 5.41) is 1.08. The van der Waals surface area contributed by atoms with Crippen LogP contribution in [0.3, 0.4) is 0 Å². The fraction of sp³-hybridized carbons (Fsp3) is 0.154. The van der Waals surface area contributed by atoms with Crippen molar-refractivity contribution in [2.45, 2.75) is 18.4 Å². The van der Waals surface area contributed by atoms with Crippen LogP contribution < -0.4 is 4.90 Å². The minimum atomic E-state index is -3.78. The Hall–Kier alpha value is -3.24. The monoisotopic (exact) mass is 541 g/mol. The fourth-order valence-corrected chi connectivity index (χ4v) is 6.18. The maximum atomic E-state index is 13.6. The number of halogens is 1. The highest BCUT2D eigenvalue weighted by atomic mass is 35.5. The van der Waals surface area contributed by atoms with Crippen LogP contribution in [0.4, 0.5) is 5.13 Å². The molecule has 4 aromatic rings. The predicted molar refractivity (Wildman–Crippen MR) is 144 cm³/mol. The van der Waals surface area contributed by atoms with E-state index in [1.165, 1.54) is 63.2 Å². The van der Waals surface area contributed by atoms with E-state index in [1.807, 2.05) is 13.0 Å². The molecule has 0 saturated heterocycles. The minimum Gasteiger partial charge on any atom is -0.467 e. The summed E-state index contributed by atoms with van der Waals surface area (Å²) in [7, 11) is -3.78. The number of amides is 1. The fourth-order valence-electron chi connectivity index (χ4n) is 3.62. The van der Waals surface area contributed by atoms with Crippen LogP contribution >= 0.6 is 22.9 Å². The van der Waals surface area contributed by atoms with E-state index in [0.717, 1.165) is 15.8 Å². The highest BCUT2D eigenvalue weighted by molar-refractivity contribution is 7.89. The van der Waals surface area contributed by atoms with Crippen LogP contribution in [0.2, 0.25) is 5.02 Å². The lowest BCUT2D eigenvalue weighted by atomic mass is 10.2. The van der Waals surface area contributed by atoms with Crippen LogP contribution in [-0.2, 0) is 16.6 Å². The molecule has 0 aliphatic heterocycles. The Morgan fingerprint density at radius 1 is 1.11 bits per heavy atom. The van der Waals surface area contributed by atoms with Crippen LogP contribution in [0.15, 0.2) is 89.4 Å². The molecular weight excluding hydrogens is 518 g/mol. The van der Waals surface area contributed by atoms with Crippen LogP contribution in [0.1, 0.15) is 21.7 Å². The number of aryl methyl sites for hydroxylation is 1. The van der Waals surface area contributed by atoms with Crippen molar-refractivity contribution in [3.8, 4) is 0 Å². The van der Waals surface area contributed by atoms with Gasteiger partial charge in [0.2, 0.25) is 10.0 Å². The average Bonchev–Trinajstić information content (AvgIpc) is 3.54. The first-order valence-electron chi connectivity index (χ1n) is 11.0. The molecule has 0 aliphatic carbocycles. The maximum Gasteiger partial charge on any atom is 0.260 e. The number of hydrogen-bond acceptors (Lipinski definition) is 6. The Morgan fingerprint density at radius 2 is 1.81 bits per heavy atom. The molecule has 2 aromatic carbocycles. The Balaban J connectivity index is 1.69. The third kappa shape index (κ3) is 5.15. The van der Waals surface area contributed by atoms with Gasteiger partial charge in [0.05, 0.1) is 27.9 Å². The van der Waals surface area contributed by atoms with Crippen LogP contribution in [0, 0.1) is 6.92 Å². The number of nitrogens with zero attached hydrogens (tertiary/aromatic N) is 3. The predicted octanol–water partition coefficient (Wildman–Crippen LogP) is 6.06. The average molecular weight is 542 g/mol. The SMILES string of the molecule is C=CCN(CC=C)S(=O)(=O)c1ccc(C(=O)N(Cc2ccco2)c2nc3c(C)c(Cl)ccc3s2)cc1. The van der Waals surface area contributed by atoms with E-state index in [0.29, 0.717) is 21.5 Å². The summed E-state index contributed by atoms with van der Waals surface area (Å²) in [6, 6.07) is 13.1. The molecule has 0 atom stereocenters. The zero-order chi connectivity index (χ0) is 25.9. The zero-order valence-corrected chi connectivity index (χ0v) is 21.9. The van der Waals surface area contributed by atoms with Crippen molar-refractivity contribution in [1.82, 2.24) is 9.29 Å². The van der Waals surface area contributed by atoms with Gasteiger partial charge in [-0.15, -0.1) is 13.2 Å². The molecule has 7 nitrogen and oxygen atoms in total. The second-order valence-corrected chi connectivity index (χ2v) is 11.3. The summed E-state index contributed by atoms with van der Waals surface area (Å²) in [6.07, 6.45) is 4.56. The molecule has 1 amide bonds. The topological polar surface area (TPSA) is 83.7 Å². The van der Waals surface area contributed by atoms with Gasteiger partial charge in [-0.2, -0.15) is 4.31 Å². The number of carbonyl (C=O) groups excluding carboxylic acids is 1. The number of anilines is 1. The second-order valence-electron chi connectivity index (χ2n) is 7.91. The molecule has 4 rings (SSSR count). The van der Waals surface area contributed by atoms with Crippen molar-refractivity contribution < 1.29 is 17.6 Å². The maximum absolute atomic E-state index is 13.6. The molecule has 0 aliphatic rings. The normalized spacial score (nSPS) is 11.6. The van der Waals surface area contributed by atoms with E-state index in [1.54, 1.807) is 18.2 Å². The third-order valence-corrected chi connectivity index (χ3v) is 8.81. The van der Waals surface area contributed by atoms with Gasteiger partial charge in [-0.1, -0.05) is 35.1 Å². The molecule has 0 radical (unpaired) electrons. The van der Waals surface area contributed by atoms with Gasteiger partial charge in [-0.3, -0.25) is 9.69 Å². The molecule has 10 heteroatoms. The lowest BCUT2D eigenvalue weighted by Crippen LogP contribution is -2.32. The Morgan fingerprint density at radius 3 is 2.42 bits per heavy atom. The molecule has 0 N–H and O–H groups in total. The minimum absolute atomic E-state index is 0.0746. The summed E-state index contributed by atoms with van der Waals surface area (Å²) in [5.74, 6) is 0.244. The number of rotatable bonds is 10. The first kappa shape index (κ1) is 25.8. The van der Waals surface area contributed by atoms with Gasteiger partial charge in [0.1, 0.15) is 5.76 Å². The smallest absolute Gasteiger partial charge is 0.260 e. The van der Waals surface area contributed by atoms with Crippen LogP contribution in [-0.4, -0.2) is 36.7 Å². The molecule has 0 unspecified atom stereocenters. The number of carbonyl (C=O) groups is 1. The molecule has 0 bridgehead atoms. The highest BCUT2D eigenvalue weighted by Gasteiger charge is 2.26. The summed E-state index contributed by atoms with van der Waals surface area (Å²) in [6.45, 7) is 9.57. The zero-order valence-electron chi connectivity index (χ0n) is 19.6. The second kappa shape index (κ2) is 10.8. The van der Waals surface area contributed by atoms with Crippen molar-refractivity contribution in [3.63, 3.8) is 0 Å². The largest absolute Gasteiger partial charge is 0.467 e. The third-order valence-electron chi connectivity index (χ3n) is 5.51. The number of thiazole rings is 1. The highest BCUT2D eigenvalue weighted by Crippen LogP contribution is 2.35. The van der Waals surface area contributed by atoms with Gasteiger partial charge in [-0.05, 0) is 61.0 Å². The molecule has 0 spiro atoms. The molecule has 186 valence electrons. The van der Waals surface area contributed by atoms with E-state index >= 15 is 0 Å². The van der Waals surface area contributed by atoms with E-state index in [-0.39, 0.29) is 30.4 Å². The number of benzene rings is 2. The van der Waals surface area contributed by atoms with E-state index < -0.39 is 10.0 Å². The van der Waals surface area contributed by atoms with E-state index in [4.69, 9.17) is 21.0 Å². The summed E-state index contributed by atoms with van der Waals surface area (Å²) < 4.78 is 33.7. The van der Waals surface area contributed by atoms with Gasteiger partial charge in [0, 0.05) is 23.7 Å². The molecule has 0 fully saturated rings. The molecule has 0 saturated carbocycles. The quantitative estimate of drug-likeness (QED) is 0.228. The van der Waals surface area contributed by atoms with E-state index in [9.17, 15) is 13.2 Å². The Labute approximate surface area is 219 Å². The Bertz CT molecular complexity index is 1500. The molecular formula is C26H24ClN3O4S2. The number of fused-ring (bicyclic) bond motifs is 1. The van der Waals surface area contributed by atoms with Crippen LogP contribution in [0.25, 0.3) is 10.2 Å². The van der Waals surface area contributed by atoms with Gasteiger partial charge in [0.15, 0.2) is 5.13 Å². The summed E-state index contributed by atoms with van der Waals surface area (Å²) in [5.41, 5.74) is 1.87. The van der Waals surface area contributed by atoms with Gasteiger partial charge < -0.3 is 4.42 Å². The lowest BCUT2D eigenvalue weighted by molar-refractivity contribution is 0.0983. The summed E-state index contributed by atoms with van der Waals surface area (Å²) in [4.78, 5) is 19.9. The first-order chi connectivity index (χ1) is 17.3. The Kier molecular flexibility index (Phi) is 7.75. The number of furan rings is 1. The van der Waals surface area contributed by atoms with Crippen molar-refractivity contribution in [2.24, 2.45) is 0 Å². The van der Waals surface area contributed by atoms with Crippen LogP contribution in [0.5, 0.6) is 0 Å². The molecule has 36 heavy (non-hydrogen) atoms. The first-order valence-corrected chi connectivity index (χ1v) is 13.6. The van der Waals surface area contributed by atoms with Crippen molar-refractivity contribution in [3.05, 3.63) is 102 Å². The number of sulfonamides is 1. The summed E-state index contributed by atoms with van der Waals surface area (Å²) >= 11 is 7.64. The standard InChI is InChI=1S/C26H24ClN3O4S2/c1-4-14-29(15-5-2)36(32,33)21-10-8-19(9-11-21)25(31)30(17-20-7-6-16-34-20)26-28-24-18(3)22(27)12-13-23(24)35-26/h4-13,16H,1-2,14-15,17H2,3H3. The van der Waals surface area contributed by atoms with Crippen molar-refractivity contribution in [2.75, 3.05) is 18.0 Å². The molecule has 2 heterocycles. The van der Waals surface area contributed by atoms with E-state index in [2.05, 4.69) is 13.2 Å². The van der Waals surface area contributed by atoms with Gasteiger partial charge in [0.25, 0.3) is 5.91 Å².